The first-order chi connectivity index (χ1) is 20.0. The van der Waals surface area contributed by atoms with Gasteiger partial charge in [-0.2, -0.15) is 26.3 Å². The number of rotatable bonds is 5. The zero-order valence-electron chi connectivity index (χ0n) is 22.2. The molecule has 10 nitrogen and oxygen atoms in total. The standard InChI is InChI=1S/C26H20F7N5O5/c1-13-14(2)22(40)38(43-24(42)26(31,32)33)35-20(13)8-15-3-4-19(27)18(7-15)23(41)36-5-6-37(21(39)12-36)17-9-16(10-34-11-17)25(28,29)30/h3-4,7,9-11H,5-6,8,12H2,1-2H3. The molecule has 0 spiro atoms. The summed E-state index contributed by atoms with van der Waals surface area (Å²) >= 11 is 0. The van der Waals surface area contributed by atoms with Gasteiger partial charge in [-0.15, -0.1) is 5.10 Å². The average Bonchev–Trinajstić information content (AvgIpc) is 2.94. The summed E-state index contributed by atoms with van der Waals surface area (Å²) in [5, 5.41) is 3.68. The van der Waals surface area contributed by atoms with Crippen molar-refractivity contribution in [2.45, 2.75) is 32.6 Å². The van der Waals surface area contributed by atoms with E-state index in [1.165, 1.54) is 19.9 Å². The van der Waals surface area contributed by atoms with E-state index in [-0.39, 0.29) is 52.4 Å². The van der Waals surface area contributed by atoms with E-state index in [9.17, 15) is 49.9 Å². The van der Waals surface area contributed by atoms with Crippen molar-refractivity contribution in [3.8, 4) is 0 Å². The second-order valence-electron chi connectivity index (χ2n) is 9.44. The SMILES string of the molecule is Cc1c(Cc2ccc(F)c(C(=O)N3CCN(c4cncc(C(F)(F)F)c4)C(=O)C3)c2)nn(OC(=O)C(F)(F)F)c(=O)c1C. The van der Waals surface area contributed by atoms with Gasteiger partial charge in [-0.05, 0) is 48.0 Å². The molecule has 1 fully saturated rings. The summed E-state index contributed by atoms with van der Waals surface area (Å²) in [7, 11) is 0. The first kappa shape index (κ1) is 31.1. The molecule has 43 heavy (non-hydrogen) atoms. The number of piperazine rings is 1. The van der Waals surface area contributed by atoms with E-state index in [1.54, 1.807) is 0 Å². The molecule has 3 aromatic rings. The van der Waals surface area contributed by atoms with Crippen molar-refractivity contribution in [1.82, 2.24) is 19.8 Å². The number of benzene rings is 1. The third-order valence-electron chi connectivity index (χ3n) is 6.61. The van der Waals surface area contributed by atoms with Crippen LogP contribution < -0.4 is 15.3 Å². The van der Waals surface area contributed by atoms with Crippen LogP contribution in [0.3, 0.4) is 0 Å². The third-order valence-corrected chi connectivity index (χ3v) is 6.61. The highest BCUT2D eigenvalue weighted by Crippen LogP contribution is 2.31. The molecule has 0 bridgehead atoms. The van der Waals surface area contributed by atoms with Crippen molar-refractivity contribution in [1.29, 1.82) is 0 Å². The summed E-state index contributed by atoms with van der Waals surface area (Å²) in [5.74, 6) is -5.27. The van der Waals surface area contributed by atoms with Crippen LogP contribution in [-0.2, 0) is 22.2 Å². The maximum absolute atomic E-state index is 14.7. The number of carbonyl (C=O) groups excluding carboxylic acids is 3. The fraction of sp³-hybridized carbons (Fsp3) is 0.308. The van der Waals surface area contributed by atoms with E-state index in [4.69, 9.17) is 0 Å². The van der Waals surface area contributed by atoms with Gasteiger partial charge in [0, 0.05) is 31.3 Å². The number of hydrogen-bond donors (Lipinski definition) is 0. The highest BCUT2D eigenvalue weighted by Gasteiger charge is 2.42. The minimum Gasteiger partial charge on any atom is -0.327 e. The Bertz CT molecular complexity index is 1670. The van der Waals surface area contributed by atoms with E-state index in [2.05, 4.69) is 14.9 Å². The van der Waals surface area contributed by atoms with Crippen LogP contribution in [0, 0.1) is 19.7 Å². The molecule has 2 aromatic heterocycles. The Kier molecular flexibility index (Phi) is 8.28. The number of carbonyl (C=O) groups is 3. The van der Waals surface area contributed by atoms with Gasteiger partial charge < -0.3 is 14.6 Å². The van der Waals surface area contributed by atoms with Gasteiger partial charge in [-0.3, -0.25) is 19.4 Å². The van der Waals surface area contributed by atoms with Gasteiger partial charge in [0.25, 0.3) is 5.91 Å². The topological polar surface area (TPSA) is 115 Å². The molecule has 4 rings (SSSR count). The molecule has 0 saturated carbocycles. The van der Waals surface area contributed by atoms with Crippen LogP contribution >= 0.6 is 0 Å². The Labute approximate surface area is 237 Å². The van der Waals surface area contributed by atoms with Crippen LogP contribution in [0.1, 0.15) is 38.3 Å². The van der Waals surface area contributed by atoms with Crippen molar-refractivity contribution in [3.63, 3.8) is 0 Å². The van der Waals surface area contributed by atoms with Gasteiger partial charge in [0.15, 0.2) is 0 Å². The number of hydrogen-bond acceptors (Lipinski definition) is 7. The molecule has 0 aliphatic carbocycles. The molecule has 1 saturated heterocycles. The van der Waals surface area contributed by atoms with Crippen molar-refractivity contribution < 1.29 is 50.0 Å². The largest absolute Gasteiger partial charge is 0.493 e. The number of alkyl halides is 6. The van der Waals surface area contributed by atoms with E-state index < -0.39 is 59.2 Å². The fourth-order valence-corrected chi connectivity index (χ4v) is 4.17. The molecular weight excluding hydrogens is 595 g/mol. The van der Waals surface area contributed by atoms with Crippen molar-refractivity contribution in [2.75, 3.05) is 24.5 Å². The Morgan fingerprint density at radius 3 is 2.30 bits per heavy atom. The van der Waals surface area contributed by atoms with Crippen LogP contribution in [0.15, 0.2) is 41.5 Å². The molecule has 1 aromatic carbocycles. The Hall–Kier alpha value is -4.83. The van der Waals surface area contributed by atoms with Crippen LogP contribution in [0.2, 0.25) is 0 Å². The van der Waals surface area contributed by atoms with Gasteiger partial charge in [0.05, 0.1) is 28.7 Å². The van der Waals surface area contributed by atoms with Crippen LogP contribution in [0.5, 0.6) is 0 Å². The minimum atomic E-state index is -5.40. The molecule has 1 aliphatic rings. The van der Waals surface area contributed by atoms with Crippen molar-refractivity contribution >= 4 is 23.5 Å². The molecule has 228 valence electrons. The zero-order chi connectivity index (χ0) is 31.9. The molecule has 0 atom stereocenters. The predicted molar refractivity (Wildman–Crippen MR) is 132 cm³/mol. The lowest BCUT2D eigenvalue weighted by Gasteiger charge is -2.34. The van der Waals surface area contributed by atoms with Gasteiger partial charge in [0.2, 0.25) is 5.91 Å². The molecule has 0 unspecified atom stereocenters. The summed E-state index contributed by atoms with van der Waals surface area (Å²) < 4.78 is 91.8. The van der Waals surface area contributed by atoms with Crippen LogP contribution in [0.25, 0.3) is 0 Å². The highest BCUT2D eigenvalue weighted by atomic mass is 19.4. The maximum atomic E-state index is 14.7. The van der Waals surface area contributed by atoms with E-state index in [1.807, 2.05) is 0 Å². The quantitative estimate of drug-likeness (QED) is 0.406. The maximum Gasteiger partial charge on any atom is 0.493 e. The fourth-order valence-electron chi connectivity index (χ4n) is 4.17. The number of aromatic nitrogens is 3. The highest BCUT2D eigenvalue weighted by molar-refractivity contribution is 6.01. The summed E-state index contributed by atoms with van der Waals surface area (Å²) in [6.45, 7) is 1.78. The Balaban J connectivity index is 1.54. The smallest absolute Gasteiger partial charge is 0.327 e. The van der Waals surface area contributed by atoms with Gasteiger partial charge in [-0.1, -0.05) is 6.07 Å². The average molecular weight is 615 g/mol. The normalized spacial score (nSPS) is 14.2. The lowest BCUT2D eigenvalue weighted by atomic mass is 10.0. The second kappa shape index (κ2) is 11.4. The molecule has 3 heterocycles. The number of pyridine rings is 1. The molecule has 0 N–H and O–H groups in total. The summed E-state index contributed by atoms with van der Waals surface area (Å²) in [6.07, 6.45) is -8.65. The molecule has 1 aliphatic heterocycles. The summed E-state index contributed by atoms with van der Waals surface area (Å²) in [5.41, 5.74) is -2.39. The van der Waals surface area contributed by atoms with Gasteiger partial charge >= 0.3 is 23.9 Å². The molecule has 0 radical (unpaired) electrons. The van der Waals surface area contributed by atoms with Crippen molar-refractivity contribution in [2.24, 2.45) is 0 Å². The number of nitrogens with zero attached hydrogens (tertiary/aromatic N) is 5. The Morgan fingerprint density at radius 1 is 0.977 bits per heavy atom. The van der Waals surface area contributed by atoms with E-state index in [0.717, 1.165) is 34.2 Å². The van der Waals surface area contributed by atoms with Gasteiger partial charge in [0.1, 0.15) is 12.4 Å². The van der Waals surface area contributed by atoms with E-state index >= 15 is 0 Å². The molecule has 2 amide bonds. The number of amides is 2. The van der Waals surface area contributed by atoms with E-state index in [0.29, 0.717) is 6.20 Å². The number of halogens is 7. The predicted octanol–water partition coefficient (Wildman–Crippen LogP) is 3.01. The third kappa shape index (κ3) is 6.65. The second-order valence-corrected chi connectivity index (χ2v) is 9.44. The van der Waals surface area contributed by atoms with Crippen molar-refractivity contribution in [3.05, 3.63) is 86.3 Å². The summed E-state index contributed by atoms with van der Waals surface area (Å²) in [6, 6.07) is 4.07. The molecule has 17 heteroatoms. The van der Waals surface area contributed by atoms with Gasteiger partial charge in [-0.25, -0.2) is 9.18 Å². The summed E-state index contributed by atoms with van der Waals surface area (Å²) in [4.78, 5) is 59.0. The first-order valence-electron chi connectivity index (χ1n) is 12.3. The molecular formula is C26H20F7N5O5. The Morgan fingerprint density at radius 2 is 1.67 bits per heavy atom. The lowest BCUT2D eigenvalue weighted by molar-refractivity contribution is -0.202. The first-order valence-corrected chi connectivity index (χ1v) is 12.3. The minimum absolute atomic E-state index is 0.0180. The monoisotopic (exact) mass is 615 g/mol. The van der Waals surface area contributed by atoms with Crippen LogP contribution in [-0.4, -0.2) is 63.4 Å². The zero-order valence-corrected chi connectivity index (χ0v) is 22.2. The number of anilines is 1. The van der Waals surface area contributed by atoms with Crippen LogP contribution in [0.4, 0.5) is 36.4 Å². The lowest BCUT2D eigenvalue weighted by Crippen LogP contribution is -2.52.